The van der Waals surface area contributed by atoms with Crippen molar-refractivity contribution >= 4 is 5.84 Å². The van der Waals surface area contributed by atoms with Crippen molar-refractivity contribution in [2.75, 3.05) is 6.54 Å². The predicted octanol–water partition coefficient (Wildman–Crippen LogP) is 4.05. The molecular weight excluding hydrogens is 244 g/mol. The van der Waals surface area contributed by atoms with Crippen LogP contribution in [0, 0.1) is 5.92 Å². The van der Waals surface area contributed by atoms with E-state index in [1.165, 1.54) is 37.7 Å². The molecule has 0 saturated heterocycles. The SMILES string of the molecule is C=C(C)[C@@H]1C[N+](C2CCCCC2)=C(C(C)C)N1C(C)C. The summed E-state index contributed by atoms with van der Waals surface area (Å²) in [5.74, 6) is 2.17. The van der Waals surface area contributed by atoms with Crippen LogP contribution >= 0.6 is 0 Å². The summed E-state index contributed by atoms with van der Waals surface area (Å²) < 4.78 is 2.74. The van der Waals surface area contributed by atoms with Crippen LogP contribution in [0.15, 0.2) is 12.2 Å². The van der Waals surface area contributed by atoms with Crippen LogP contribution in [0.3, 0.4) is 0 Å². The van der Waals surface area contributed by atoms with Crippen molar-refractivity contribution in [1.82, 2.24) is 4.90 Å². The molecule has 2 rings (SSSR count). The van der Waals surface area contributed by atoms with Gasteiger partial charge in [0.15, 0.2) is 6.04 Å². The minimum Gasteiger partial charge on any atom is -0.258 e. The molecular formula is C18H33N2+. The average Bonchev–Trinajstić information content (AvgIpc) is 2.80. The zero-order valence-corrected chi connectivity index (χ0v) is 14.2. The van der Waals surface area contributed by atoms with Gasteiger partial charge in [0.2, 0.25) is 0 Å². The fourth-order valence-corrected chi connectivity index (χ4v) is 4.05. The fourth-order valence-electron chi connectivity index (χ4n) is 4.05. The molecule has 0 amide bonds. The molecule has 2 heteroatoms. The fraction of sp³-hybridized carbons (Fsp3) is 0.833. The van der Waals surface area contributed by atoms with E-state index < -0.39 is 0 Å². The summed E-state index contributed by atoms with van der Waals surface area (Å²) in [6.45, 7) is 17.0. The van der Waals surface area contributed by atoms with Gasteiger partial charge in [-0.25, -0.2) is 0 Å². The topological polar surface area (TPSA) is 6.25 Å². The Morgan fingerprint density at radius 2 is 1.75 bits per heavy atom. The monoisotopic (exact) mass is 277 g/mol. The molecule has 1 heterocycles. The van der Waals surface area contributed by atoms with Gasteiger partial charge < -0.3 is 0 Å². The summed E-state index contributed by atoms with van der Waals surface area (Å²) >= 11 is 0. The van der Waals surface area contributed by atoms with E-state index in [0.717, 1.165) is 12.6 Å². The van der Waals surface area contributed by atoms with E-state index in [-0.39, 0.29) is 0 Å². The van der Waals surface area contributed by atoms with Gasteiger partial charge in [0.05, 0.1) is 18.0 Å². The van der Waals surface area contributed by atoms with Crippen molar-refractivity contribution in [2.45, 2.75) is 84.8 Å². The lowest BCUT2D eigenvalue weighted by atomic mass is 9.94. The molecule has 0 radical (unpaired) electrons. The normalized spacial score (nSPS) is 25.1. The highest BCUT2D eigenvalue weighted by atomic mass is 15.4. The van der Waals surface area contributed by atoms with Gasteiger partial charge in [0.1, 0.15) is 6.54 Å². The van der Waals surface area contributed by atoms with Crippen LogP contribution in [-0.2, 0) is 0 Å². The summed E-state index contributed by atoms with van der Waals surface area (Å²) in [6.07, 6.45) is 7.01. The number of rotatable bonds is 4. The van der Waals surface area contributed by atoms with Crippen LogP contribution in [0.25, 0.3) is 0 Å². The minimum atomic E-state index is 0.509. The van der Waals surface area contributed by atoms with Gasteiger partial charge >= 0.3 is 0 Å². The van der Waals surface area contributed by atoms with Crippen LogP contribution in [0.1, 0.15) is 66.7 Å². The molecule has 1 atom stereocenters. The Hall–Kier alpha value is -0.790. The van der Waals surface area contributed by atoms with Gasteiger partial charge in [-0.2, -0.15) is 0 Å². The Bertz CT molecular complexity index is 386. The summed E-state index contributed by atoms with van der Waals surface area (Å²) in [4.78, 5) is 2.64. The molecule has 1 saturated carbocycles. The Labute approximate surface area is 125 Å². The maximum Gasteiger partial charge on any atom is 0.250 e. The predicted molar refractivity (Wildman–Crippen MR) is 87.4 cm³/mol. The zero-order valence-electron chi connectivity index (χ0n) is 14.2. The largest absolute Gasteiger partial charge is 0.258 e. The molecule has 2 aliphatic rings. The number of hydrogen-bond donors (Lipinski definition) is 0. The summed E-state index contributed by atoms with van der Waals surface area (Å²) in [5, 5.41) is 0. The second-order valence-corrected chi connectivity index (χ2v) is 7.32. The molecule has 0 N–H and O–H groups in total. The molecule has 114 valence electrons. The van der Waals surface area contributed by atoms with E-state index in [2.05, 4.69) is 50.7 Å². The molecule has 0 aromatic heterocycles. The molecule has 1 aliphatic carbocycles. The number of amidine groups is 1. The van der Waals surface area contributed by atoms with Crippen molar-refractivity contribution in [2.24, 2.45) is 5.92 Å². The Kier molecular flexibility index (Phi) is 4.93. The summed E-state index contributed by atoms with van der Waals surface area (Å²) in [6, 6.07) is 1.84. The van der Waals surface area contributed by atoms with E-state index in [4.69, 9.17) is 0 Å². The lowest BCUT2D eigenvalue weighted by Gasteiger charge is -2.26. The highest BCUT2D eigenvalue weighted by Gasteiger charge is 2.44. The number of hydrogen-bond acceptors (Lipinski definition) is 1. The first-order chi connectivity index (χ1) is 9.43. The quantitative estimate of drug-likeness (QED) is 0.555. The van der Waals surface area contributed by atoms with Gasteiger partial charge in [-0.1, -0.05) is 26.8 Å². The first-order valence-electron chi connectivity index (χ1n) is 8.50. The van der Waals surface area contributed by atoms with Crippen molar-refractivity contribution < 1.29 is 4.58 Å². The van der Waals surface area contributed by atoms with Crippen molar-refractivity contribution in [3.05, 3.63) is 12.2 Å². The minimum absolute atomic E-state index is 0.509. The zero-order chi connectivity index (χ0) is 14.9. The maximum atomic E-state index is 4.26. The molecule has 1 fully saturated rings. The van der Waals surface area contributed by atoms with Crippen LogP contribution in [0.4, 0.5) is 0 Å². The van der Waals surface area contributed by atoms with Gasteiger partial charge in [-0.15, -0.1) is 0 Å². The lowest BCUT2D eigenvalue weighted by Crippen LogP contribution is -2.44. The highest BCUT2D eigenvalue weighted by molar-refractivity contribution is 5.81. The van der Waals surface area contributed by atoms with E-state index in [0.29, 0.717) is 18.0 Å². The van der Waals surface area contributed by atoms with Gasteiger partial charge in [0, 0.05) is 0 Å². The smallest absolute Gasteiger partial charge is 0.250 e. The molecule has 0 spiro atoms. The standard InChI is InChI=1S/C18H33N2/c1-13(2)17-12-19(16-10-8-7-9-11-16)18(14(3)4)20(17)15(5)6/h14-17H,1,7-12H2,2-6H3/q+1/t17-/m0/s1. The van der Waals surface area contributed by atoms with Crippen molar-refractivity contribution in [1.29, 1.82) is 0 Å². The first-order valence-corrected chi connectivity index (χ1v) is 8.50. The van der Waals surface area contributed by atoms with Gasteiger partial charge in [0.25, 0.3) is 5.84 Å². The third kappa shape index (κ3) is 2.94. The van der Waals surface area contributed by atoms with Gasteiger partial charge in [-0.05, 0) is 52.0 Å². The average molecular weight is 277 g/mol. The van der Waals surface area contributed by atoms with Crippen molar-refractivity contribution in [3.8, 4) is 0 Å². The van der Waals surface area contributed by atoms with Crippen LogP contribution in [0.5, 0.6) is 0 Å². The Balaban J connectivity index is 2.35. The second kappa shape index (κ2) is 6.32. The molecule has 20 heavy (non-hydrogen) atoms. The molecule has 0 unspecified atom stereocenters. The van der Waals surface area contributed by atoms with Gasteiger partial charge in [-0.3, -0.25) is 9.48 Å². The molecule has 0 aromatic carbocycles. The molecule has 0 bridgehead atoms. The lowest BCUT2D eigenvalue weighted by molar-refractivity contribution is -0.565. The van der Waals surface area contributed by atoms with E-state index in [1.54, 1.807) is 5.84 Å². The van der Waals surface area contributed by atoms with E-state index >= 15 is 0 Å². The van der Waals surface area contributed by atoms with Crippen LogP contribution < -0.4 is 0 Å². The second-order valence-electron chi connectivity index (χ2n) is 7.32. The molecule has 2 nitrogen and oxygen atoms in total. The van der Waals surface area contributed by atoms with Crippen LogP contribution in [-0.4, -0.2) is 40.0 Å². The summed E-state index contributed by atoms with van der Waals surface area (Å²) in [7, 11) is 0. The van der Waals surface area contributed by atoms with Crippen LogP contribution in [0.2, 0.25) is 0 Å². The maximum absolute atomic E-state index is 4.26. The van der Waals surface area contributed by atoms with E-state index in [9.17, 15) is 0 Å². The van der Waals surface area contributed by atoms with Crippen molar-refractivity contribution in [3.63, 3.8) is 0 Å². The molecule has 1 aliphatic heterocycles. The van der Waals surface area contributed by atoms with E-state index in [1.807, 2.05) is 0 Å². The third-order valence-electron chi connectivity index (χ3n) is 4.92. The molecule has 0 aromatic rings. The Morgan fingerprint density at radius 1 is 1.15 bits per heavy atom. The first kappa shape index (κ1) is 15.6. The third-order valence-corrected chi connectivity index (χ3v) is 4.92. The Morgan fingerprint density at radius 3 is 2.20 bits per heavy atom. The highest BCUT2D eigenvalue weighted by Crippen LogP contribution is 2.29. The summed E-state index contributed by atoms with van der Waals surface area (Å²) in [5.41, 5.74) is 1.31. The number of nitrogens with zero attached hydrogens (tertiary/aromatic N) is 2.